The first kappa shape index (κ1) is 12.7. The first-order valence-electron chi connectivity index (χ1n) is 5.19. The fraction of sp³-hybridized carbons (Fsp3) is 0.200. The molecule has 0 aliphatic rings. The SMILES string of the molecule is CCNc1cc(C(=O)Nc2cnns2)cc(Cl)n1. The van der Waals surface area contributed by atoms with Crippen LogP contribution in [0.15, 0.2) is 18.3 Å². The fourth-order valence-corrected chi connectivity index (χ4v) is 1.93. The molecule has 94 valence electrons. The van der Waals surface area contributed by atoms with Crippen LogP contribution < -0.4 is 10.6 Å². The number of aromatic nitrogens is 3. The molecule has 0 saturated carbocycles. The van der Waals surface area contributed by atoms with Gasteiger partial charge in [0.25, 0.3) is 5.91 Å². The molecular formula is C10H10ClN5OS. The van der Waals surface area contributed by atoms with Gasteiger partial charge in [0.15, 0.2) is 0 Å². The Hall–Kier alpha value is -1.73. The molecule has 2 rings (SSSR count). The van der Waals surface area contributed by atoms with Crippen molar-refractivity contribution in [3.8, 4) is 0 Å². The number of hydrogen-bond donors (Lipinski definition) is 2. The Kier molecular flexibility index (Phi) is 4.06. The lowest BCUT2D eigenvalue weighted by atomic mass is 10.2. The van der Waals surface area contributed by atoms with E-state index >= 15 is 0 Å². The van der Waals surface area contributed by atoms with E-state index in [1.54, 1.807) is 6.07 Å². The third-order valence-corrected chi connectivity index (χ3v) is 2.79. The maximum Gasteiger partial charge on any atom is 0.256 e. The van der Waals surface area contributed by atoms with Crippen LogP contribution in [-0.4, -0.2) is 27.0 Å². The summed E-state index contributed by atoms with van der Waals surface area (Å²) >= 11 is 6.97. The van der Waals surface area contributed by atoms with Crippen molar-refractivity contribution in [2.75, 3.05) is 17.2 Å². The van der Waals surface area contributed by atoms with Crippen LogP contribution in [0.25, 0.3) is 0 Å². The average Bonchev–Trinajstić information content (AvgIpc) is 2.81. The van der Waals surface area contributed by atoms with E-state index in [0.29, 0.717) is 22.9 Å². The monoisotopic (exact) mass is 283 g/mol. The van der Waals surface area contributed by atoms with Crippen molar-refractivity contribution >= 4 is 39.9 Å². The molecule has 0 spiro atoms. The third-order valence-electron chi connectivity index (χ3n) is 2.01. The number of rotatable bonds is 4. The lowest BCUT2D eigenvalue weighted by Crippen LogP contribution is -2.12. The van der Waals surface area contributed by atoms with E-state index in [4.69, 9.17) is 11.6 Å². The number of amides is 1. The molecule has 0 radical (unpaired) electrons. The first-order chi connectivity index (χ1) is 8.69. The van der Waals surface area contributed by atoms with E-state index in [1.807, 2.05) is 6.92 Å². The van der Waals surface area contributed by atoms with E-state index in [9.17, 15) is 4.79 Å². The van der Waals surface area contributed by atoms with Crippen LogP contribution in [0.2, 0.25) is 5.15 Å². The Morgan fingerprint density at radius 1 is 1.50 bits per heavy atom. The highest BCUT2D eigenvalue weighted by atomic mass is 35.5. The number of anilines is 2. The van der Waals surface area contributed by atoms with Gasteiger partial charge in [0.1, 0.15) is 16.0 Å². The predicted molar refractivity (Wildman–Crippen MR) is 71.3 cm³/mol. The summed E-state index contributed by atoms with van der Waals surface area (Å²) in [7, 11) is 0. The molecule has 2 N–H and O–H groups in total. The molecule has 0 aliphatic carbocycles. The molecule has 0 aliphatic heterocycles. The predicted octanol–water partition coefficient (Wildman–Crippen LogP) is 2.27. The fourth-order valence-electron chi connectivity index (χ4n) is 1.31. The van der Waals surface area contributed by atoms with Crippen LogP contribution in [0.1, 0.15) is 17.3 Å². The summed E-state index contributed by atoms with van der Waals surface area (Å²) in [6, 6.07) is 3.14. The van der Waals surface area contributed by atoms with Crippen LogP contribution in [0.3, 0.4) is 0 Å². The molecule has 2 aromatic heterocycles. The molecule has 2 aromatic rings. The van der Waals surface area contributed by atoms with E-state index in [-0.39, 0.29) is 11.1 Å². The van der Waals surface area contributed by atoms with Crippen molar-refractivity contribution in [3.63, 3.8) is 0 Å². The van der Waals surface area contributed by atoms with Gasteiger partial charge in [0.05, 0.1) is 6.20 Å². The highest BCUT2D eigenvalue weighted by molar-refractivity contribution is 7.10. The maximum absolute atomic E-state index is 11.9. The van der Waals surface area contributed by atoms with Crippen molar-refractivity contribution in [2.24, 2.45) is 0 Å². The second-order valence-corrected chi connectivity index (χ2v) is 4.50. The highest BCUT2D eigenvalue weighted by Crippen LogP contribution is 2.17. The Morgan fingerprint density at radius 2 is 2.33 bits per heavy atom. The Bertz CT molecular complexity index is 545. The van der Waals surface area contributed by atoms with Crippen LogP contribution in [0.4, 0.5) is 10.8 Å². The van der Waals surface area contributed by atoms with Gasteiger partial charge in [-0.05, 0) is 19.1 Å². The number of pyridine rings is 1. The van der Waals surface area contributed by atoms with Crippen molar-refractivity contribution in [1.29, 1.82) is 0 Å². The number of hydrogen-bond acceptors (Lipinski definition) is 6. The molecule has 1 amide bonds. The maximum atomic E-state index is 11.9. The molecular weight excluding hydrogens is 274 g/mol. The van der Waals surface area contributed by atoms with Crippen molar-refractivity contribution in [3.05, 3.63) is 29.0 Å². The van der Waals surface area contributed by atoms with E-state index in [0.717, 1.165) is 11.5 Å². The van der Waals surface area contributed by atoms with Crippen molar-refractivity contribution < 1.29 is 4.79 Å². The second-order valence-electron chi connectivity index (χ2n) is 3.33. The molecule has 0 bridgehead atoms. The van der Waals surface area contributed by atoms with Gasteiger partial charge in [0.2, 0.25) is 0 Å². The topological polar surface area (TPSA) is 79.8 Å². The zero-order valence-corrected chi connectivity index (χ0v) is 11.0. The number of halogens is 1. The second kappa shape index (κ2) is 5.74. The summed E-state index contributed by atoms with van der Waals surface area (Å²) in [5, 5.41) is 10.2. The summed E-state index contributed by atoms with van der Waals surface area (Å²) in [4.78, 5) is 16.0. The van der Waals surface area contributed by atoms with Crippen molar-refractivity contribution in [1.82, 2.24) is 14.6 Å². The van der Waals surface area contributed by atoms with Gasteiger partial charge in [0, 0.05) is 23.6 Å². The number of nitrogens with zero attached hydrogens (tertiary/aromatic N) is 3. The van der Waals surface area contributed by atoms with Crippen LogP contribution in [0, 0.1) is 0 Å². The van der Waals surface area contributed by atoms with Gasteiger partial charge in [-0.15, -0.1) is 5.10 Å². The number of nitrogens with one attached hydrogen (secondary N) is 2. The molecule has 8 heteroatoms. The molecule has 6 nitrogen and oxygen atoms in total. The quantitative estimate of drug-likeness (QED) is 0.842. The van der Waals surface area contributed by atoms with E-state index in [2.05, 4.69) is 25.2 Å². The molecule has 0 aromatic carbocycles. The van der Waals surface area contributed by atoms with Gasteiger partial charge < -0.3 is 10.6 Å². The van der Waals surface area contributed by atoms with Crippen LogP contribution in [-0.2, 0) is 0 Å². The van der Waals surface area contributed by atoms with Gasteiger partial charge in [-0.2, -0.15) is 0 Å². The molecule has 18 heavy (non-hydrogen) atoms. The van der Waals surface area contributed by atoms with Gasteiger partial charge in [-0.25, -0.2) is 4.98 Å². The van der Waals surface area contributed by atoms with E-state index < -0.39 is 0 Å². The largest absolute Gasteiger partial charge is 0.370 e. The summed E-state index contributed by atoms with van der Waals surface area (Å²) in [5.74, 6) is 0.294. The first-order valence-corrected chi connectivity index (χ1v) is 6.34. The standard InChI is InChI=1S/C10H10ClN5OS/c1-2-12-8-4-6(3-7(11)14-8)10(17)15-9-5-13-16-18-9/h3-5H,2H2,1H3,(H,12,14)(H,15,17). The molecule has 0 fully saturated rings. The Labute approximate surface area is 113 Å². The molecule has 0 unspecified atom stereocenters. The third kappa shape index (κ3) is 3.14. The van der Waals surface area contributed by atoms with Crippen molar-refractivity contribution in [2.45, 2.75) is 6.92 Å². The van der Waals surface area contributed by atoms with Crippen LogP contribution in [0.5, 0.6) is 0 Å². The minimum Gasteiger partial charge on any atom is -0.370 e. The Balaban J connectivity index is 2.19. The molecule has 2 heterocycles. The van der Waals surface area contributed by atoms with Crippen LogP contribution >= 0.6 is 23.1 Å². The zero-order chi connectivity index (χ0) is 13.0. The molecule has 0 saturated heterocycles. The summed E-state index contributed by atoms with van der Waals surface area (Å²) in [6.45, 7) is 2.64. The summed E-state index contributed by atoms with van der Waals surface area (Å²) in [6.07, 6.45) is 1.48. The average molecular weight is 284 g/mol. The van der Waals surface area contributed by atoms with Gasteiger partial charge in [-0.1, -0.05) is 16.1 Å². The smallest absolute Gasteiger partial charge is 0.256 e. The molecule has 0 atom stereocenters. The zero-order valence-electron chi connectivity index (χ0n) is 9.48. The number of carbonyl (C=O) groups excluding carboxylic acids is 1. The highest BCUT2D eigenvalue weighted by Gasteiger charge is 2.10. The van der Waals surface area contributed by atoms with E-state index in [1.165, 1.54) is 12.3 Å². The minimum absolute atomic E-state index is 0.265. The normalized spacial score (nSPS) is 10.1. The van der Waals surface area contributed by atoms with Gasteiger partial charge >= 0.3 is 0 Å². The Morgan fingerprint density at radius 3 is 3.00 bits per heavy atom. The lowest BCUT2D eigenvalue weighted by molar-refractivity contribution is 0.102. The summed E-state index contributed by atoms with van der Waals surface area (Å²) < 4.78 is 3.66. The van der Waals surface area contributed by atoms with Gasteiger partial charge in [-0.3, -0.25) is 4.79 Å². The minimum atomic E-state index is -0.274. The lowest BCUT2D eigenvalue weighted by Gasteiger charge is -2.06. The number of carbonyl (C=O) groups is 1. The summed E-state index contributed by atoms with van der Waals surface area (Å²) in [5.41, 5.74) is 0.430.